The smallest absolute Gasteiger partial charge is 0.337 e. The quantitative estimate of drug-likeness (QED) is 0.525. The van der Waals surface area contributed by atoms with Crippen LogP contribution in [0.2, 0.25) is 0 Å². The molecule has 0 aliphatic carbocycles. The summed E-state index contributed by atoms with van der Waals surface area (Å²) in [5.74, 6) is -1.12. The Hall–Kier alpha value is -1.14. The molecule has 1 aliphatic heterocycles. The first-order valence-corrected chi connectivity index (χ1v) is 5.80. The van der Waals surface area contributed by atoms with E-state index >= 15 is 0 Å². The van der Waals surface area contributed by atoms with E-state index in [9.17, 15) is 14.7 Å². The van der Waals surface area contributed by atoms with Crippen LogP contribution in [0.5, 0.6) is 0 Å². The molecule has 3 unspecified atom stereocenters. The summed E-state index contributed by atoms with van der Waals surface area (Å²) in [4.78, 5) is 22.4. The Morgan fingerprint density at radius 2 is 2.18 bits per heavy atom. The van der Waals surface area contributed by atoms with Gasteiger partial charge in [-0.25, -0.2) is 4.79 Å². The van der Waals surface area contributed by atoms with Gasteiger partial charge in [0, 0.05) is 0 Å². The van der Waals surface area contributed by atoms with E-state index in [1.165, 1.54) is 0 Å². The summed E-state index contributed by atoms with van der Waals surface area (Å²) in [6.45, 7) is 3.74. The monoisotopic (exact) mass is 244 g/mol. The number of nitrogens with one attached hydrogen (secondary N) is 2. The Morgan fingerprint density at radius 3 is 2.71 bits per heavy atom. The summed E-state index contributed by atoms with van der Waals surface area (Å²) in [7, 11) is 0. The minimum absolute atomic E-state index is 0.252. The zero-order valence-electron chi connectivity index (χ0n) is 10.2. The molecule has 98 valence electrons. The first-order chi connectivity index (χ1) is 7.83. The lowest BCUT2D eigenvalue weighted by atomic mass is 9.94. The molecule has 0 aromatic heterocycles. The highest BCUT2D eigenvalue weighted by Gasteiger charge is 2.32. The third kappa shape index (κ3) is 3.98. The SMILES string of the molecule is CC1CCNC(C(=O)NCC(C)(O)C(=O)O)C1. The number of carboxylic acids is 1. The Kier molecular flexibility index (Phi) is 4.47. The Balaban J connectivity index is 2.41. The zero-order valence-corrected chi connectivity index (χ0v) is 10.2. The van der Waals surface area contributed by atoms with Crippen molar-refractivity contribution in [2.24, 2.45) is 5.92 Å². The van der Waals surface area contributed by atoms with E-state index in [0.29, 0.717) is 5.92 Å². The summed E-state index contributed by atoms with van der Waals surface area (Å²) >= 11 is 0. The number of rotatable bonds is 4. The number of hydrogen-bond acceptors (Lipinski definition) is 4. The van der Waals surface area contributed by atoms with E-state index in [1.807, 2.05) is 0 Å². The molecule has 3 atom stereocenters. The number of hydrogen-bond donors (Lipinski definition) is 4. The maximum atomic E-state index is 11.7. The van der Waals surface area contributed by atoms with Crippen LogP contribution in [0.1, 0.15) is 26.7 Å². The van der Waals surface area contributed by atoms with E-state index in [1.54, 1.807) is 0 Å². The third-order valence-electron chi connectivity index (χ3n) is 3.05. The number of piperidine rings is 1. The van der Waals surface area contributed by atoms with Crippen LogP contribution in [0.25, 0.3) is 0 Å². The van der Waals surface area contributed by atoms with Gasteiger partial charge in [0.1, 0.15) is 0 Å². The highest BCUT2D eigenvalue weighted by molar-refractivity contribution is 5.83. The lowest BCUT2D eigenvalue weighted by Gasteiger charge is -2.28. The van der Waals surface area contributed by atoms with Crippen molar-refractivity contribution in [3.63, 3.8) is 0 Å². The van der Waals surface area contributed by atoms with E-state index in [2.05, 4.69) is 17.6 Å². The minimum atomic E-state index is -1.92. The zero-order chi connectivity index (χ0) is 13.1. The molecular formula is C11H20N2O4. The standard InChI is InChI=1S/C11H20N2O4/c1-7-3-4-12-8(5-7)9(14)13-6-11(2,17)10(15)16/h7-8,12,17H,3-6H2,1-2H3,(H,13,14)(H,15,16). The van der Waals surface area contributed by atoms with E-state index in [4.69, 9.17) is 5.11 Å². The van der Waals surface area contributed by atoms with Gasteiger partial charge in [-0.3, -0.25) is 4.79 Å². The lowest BCUT2D eigenvalue weighted by molar-refractivity contribution is -0.156. The lowest BCUT2D eigenvalue weighted by Crippen LogP contribution is -2.53. The molecule has 6 heteroatoms. The fourth-order valence-corrected chi connectivity index (χ4v) is 1.77. The normalized spacial score (nSPS) is 28.2. The number of aliphatic hydroxyl groups is 1. The molecular weight excluding hydrogens is 224 g/mol. The van der Waals surface area contributed by atoms with Crippen molar-refractivity contribution in [1.29, 1.82) is 0 Å². The van der Waals surface area contributed by atoms with Crippen molar-refractivity contribution in [2.75, 3.05) is 13.1 Å². The second kappa shape index (κ2) is 5.46. The Morgan fingerprint density at radius 1 is 1.53 bits per heavy atom. The Bertz CT molecular complexity index is 304. The van der Waals surface area contributed by atoms with Crippen LogP contribution in [0.4, 0.5) is 0 Å². The summed E-state index contributed by atoms with van der Waals surface area (Å²) in [5.41, 5.74) is -1.92. The van der Waals surface area contributed by atoms with Crippen molar-refractivity contribution in [3.05, 3.63) is 0 Å². The summed E-state index contributed by atoms with van der Waals surface area (Å²) in [6, 6.07) is -0.289. The molecule has 0 aromatic rings. The van der Waals surface area contributed by atoms with Crippen molar-refractivity contribution < 1.29 is 19.8 Å². The second-order valence-corrected chi connectivity index (χ2v) is 4.93. The fourth-order valence-electron chi connectivity index (χ4n) is 1.77. The van der Waals surface area contributed by atoms with Gasteiger partial charge in [0.25, 0.3) is 0 Å². The number of carboxylic acid groups (broad SMARTS) is 1. The van der Waals surface area contributed by atoms with E-state index in [0.717, 1.165) is 26.3 Å². The van der Waals surface area contributed by atoms with Gasteiger partial charge >= 0.3 is 5.97 Å². The van der Waals surface area contributed by atoms with E-state index < -0.39 is 11.6 Å². The molecule has 0 spiro atoms. The average Bonchev–Trinajstić information content (AvgIpc) is 2.25. The van der Waals surface area contributed by atoms with Crippen LogP contribution in [0.15, 0.2) is 0 Å². The number of aliphatic carboxylic acids is 1. The van der Waals surface area contributed by atoms with Crippen LogP contribution in [-0.2, 0) is 9.59 Å². The molecule has 1 fully saturated rings. The van der Waals surface area contributed by atoms with Crippen LogP contribution in [0, 0.1) is 5.92 Å². The molecule has 0 aromatic carbocycles. The van der Waals surface area contributed by atoms with Gasteiger partial charge in [0.2, 0.25) is 5.91 Å². The van der Waals surface area contributed by atoms with Crippen LogP contribution in [0.3, 0.4) is 0 Å². The molecule has 1 rings (SSSR count). The summed E-state index contributed by atoms with van der Waals surface area (Å²) < 4.78 is 0. The molecule has 0 radical (unpaired) electrons. The van der Waals surface area contributed by atoms with Crippen molar-refractivity contribution >= 4 is 11.9 Å². The maximum absolute atomic E-state index is 11.7. The second-order valence-electron chi connectivity index (χ2n) is 4.93. The van der Waals surface area contributed by atoms with Crippen molar-refractivity contribution in [2.45, 2.75) is 38.3 Å². The minimum Gasteiger partial charge on any atom is -0.479 e. The third-order valence-corrected chi connectivity index (χ3v) is 3.05. The molecule has 0 saturated carbocycles. The Labute approximate surface area is 100 Å². The first-order valence-electron chi connectivity index (χ1n) is 5.80. The van der Waals surface area contributed by atoms with Gasteiger partial charge in [-0.05, 0) is 32.2 Å². The molecule has 1 saturated heterocycles. The largest absolute Gasteiger partial charge is 0.479 e. The van der Waals surface area contributed by atoms with Crippen molar-refractivity contribution in [1.82, 2.24) is 10.6 Å². The van der Waals surface area contributed by atoms with Gasteiger partial charge in [-0.1, -0.05) is 6.92 Å². The van der Waals surface area contributed by atoms with Gasteiger partial charge in [0.15, 0.2) is 5.60 Å². The number of carbonyl (C=O) groups is 2. The number of carbonyl (C=O) groups excluding carboxylic acids is 1. The molecule has 0 bridgehead atoms. The maximum Gasteiger partial charge on any atom is 0.337 e. The molecule has 6 nitrogen and oxygen atoms in total. The van der Waals surface area contributed by atoms with Crippen LogP contribution >= 0.6 is 0 Å². The summed E-state index contributed by atoms with van der Waals surface area (Å²) in [6.07, 6.45) is 1.78. The molecule has 1 heterocycles. The molecule has 17 heavy (non-hydrogen) atoms. The van der Waals surface area contributed by atoms with Gasteiger partial charge in [-0.15, -0.1) is 0 Å². The average molecular weight is 244 g/mol. The van der Waals surface area contributed by atoms with Gasteiger partial charge in [0.05, 0.1) is 12.6 Å². The van der Waals surface area contributed by atoms with E-state index in [-0.39, 0.29) is 18.5 Å². The predicted molar refractivity (Wildman–Crippen MR) is 61.5 cm³/mol. The van der Waals surface area contributed by atoms with Crippen LogP contribution < -0.4 is 10.6 Å². The molecule has 1 amide bonds. The van der Waals surface area contributed by atoms with Gasteiger partial charge < -0.3 is 20.8 Å². The highest BCUT2D eigenvalue weighted by atomic mass is 16.4. The fraction of sp³-hybridized carbons (Fsp3) is 0.818. The van der Waals surface area contributed by atoms with Gasteiger partial charge in [-0.2, -0.15) is 0 Å². The topological polar surface area (TPSA) is 98.7 Å². The van der Waals surface area contributed by atoms with Crippen molar-refractivity contribution in [3.8, 4) is 0 Å². The molecule has 4 N–H and O–H groups in total. The number of amides is 1. The van der Waals surface area contributed by atoms with Crippen LogP contribution in [-0.4, -0.2) is 46.8 Å². The first kappa shape index (κ1) is 13.9. The highest BCUT2D eigenvalue weighted by Crippen LogP contribution is 2.15. The summed E-state index contributed by atoms with van der Waals surface area (Å²) in [5, 5.41) is 23.7. The molecule has 1 aliphatic rings. The predicted octanol–water partition coefficient (Wildman–Crippen LogP) is -0.674.